The average Bonchev–Trinajstić information content (AvgIpc) is 2.20. The van der Waals surface area contributed by atoms with E-state index in [-0.39, 0.29) is 29.9 Å². The molecule has 0 saturated carbocycles. The van der Waals surface area contributed by atoms with Crippen LogP contribution in [0, 0.1) is 0 Å². The molecule has 0 bridgehead atoms. The average molecular weight is 243 g/mol. The van der Waals surface area contributed by atoms with Gasteiger partial charge in [-0.05, 0) is 34.1 Å². The summed E-state index contributed by atoms with van der Waals surface area (Å²) < 4.78 is 0. The van der Waals surface area contributed by atoms with E-state index < -0.39 is 0 Å². The molecular weight excluding hydrogens is 218 g/mol. The normalized spacial score (nSPS) is 13.0. The standard InChI is InChI=1S/C12H25N3O2/c1-6-7-13-11(17)9(2)14-8-10(16)15-12(3,4)5/h9,14H,6-8H2,1-5H3,(H,13,17)(H,15,16). The van der Waals surface area contributed by atoms with Gasteiger partial charge in [0.1, 0.15) is 0 Å². The van der Waals surface area contributed by atoms with Crippen LogP contribution in [0.4, 0.5) is 0 Å². The summed E-state index contributed by atoms with van der Waals surface area (Å²) >= 11 is 0. The minimum atomic E-state index is -0.354. The molecule has 0 radical (unpaired) electrons. The van der Waals surface area contributed by atoms with E-state index >= 15 is 0 Å². The minimum Gasteiger partial charge on any atom is -0.355 e. The van der Waals surface area contributed by atoms with Crippen LogP contribution in [0.1, 0.15) is 41.0 Å². The summed E-state index contributed by atoms with van der Waals surface area (Å²) in [5, 5.41) is 8.48. The monoisotopic (exact) mass is 243 g/mol. The van der Waals surface area contributed by atoms with Gasteiger partial charge in [-0.15, -0.1) is 0 Å². The number of hydrogen-bond donors (Lipinski definition) is 3. The molecule has 0 rings (SSSR count). The van der Waals surface area contributed by atoms with Gasteiger partial charge in [-0.2, -0.15) is 0 Å². The molecule has 100 valence electrons. The second kappa shape index (κ2) is 7.27. The van der Waals surface area contributed by atoms with E-state index in [1.165, 1.54) is 0 Å². The number of rotatable bonds is 6. The summed E-state index contributed by atoms with van der Waals surface area (Å²) in [4.78, 5) is 23.0. The van der Waals surface area contributed by atoms with Gasteiger partial charge < -0.3 is 10.6 Å². The van der Waals surface area contributed by atoms with Crippen molar-refractivity contribution in [2.75, 3.05) is 13.1 Å². The van der Waals surface area contributed by atoms with Crippen molar-refractivity contribution in [3.8, 4) is 0 Å². The highest BCUT2D eigenvalue weighted by Gasteiger charge is 2.16. The number of nitrogens with one attached hydrogen (secondary N) is 3. The third-order valence-corrected chi connectivity index (χ3v) is 2.03. The minimum absolute atomic E-state index is 0.0737. The van der Waals surface area contributed by atoms with E-state index in [4.69, 9.17) is 0 Å². The maximum Gasteiger partial charge on any atom is 0.236 e. The van der Waals surface area contributed by atoms with Gasteiger partial charge >= 0.3 is 0 Å². The quantitative estimate of drug-likeness (QED) is 0.632. The predicted octanol–water partition coefficient (Wildman–Crippen LogP) is 0.405. The Morgan fingerprint density at radius 3 is 2.29 bits per heavy atom. The summed E-state index contributed by atoms with van der Waals surface area (Å²) in [5.41, 5.74) is -0.244. The molecule has 0 aliphatic carbocycles. The van der Waals surface area contributed by atoms with Crippen LogP contribution >= 0.6 is 0 Å². The van der Waals surface area contributed by atoms with Gasteiger partial charge in [0, 0.05) is 12.1 Å². The fraction of sp³-hybridized carbons (Fsp3) is 0.833. The van der Waals surface area contributed by atoms with Crippen LogP contribution in [0.15, 0.2) is 0 Å². The van der Waals surface area contributed by atoms with Crippen molar-refractivity contribution in [2.45, 2.75) is 52.6 Å². The van der Waals surface area contributed by atoms with Gasteiger partial charge in [0.05, 0.1) is 12.6 Å². The van der Waals surface area contributed by atoms with E-state index in [1.54, 1.807) is 6.92 Å². The molecule has 1 atom stereocenters. The zero-order valence-electron chi connectivity index (χ0n) is 11.5. The fourth-order valence-corrected chi connectivity index (χ4v) is 1.20. The SMILES string of the molecule is CCCNC(=O)C(C)NCC(=O)NC(C)(C)C. The van der Waals surface area contributed by atoms with Gasteiger partial charge in [-0.25, -0.2) is 0 Å². The van der Waals surface area contributed by atoms with E-state index in [1.807, 2.05) is 27.7 Å². The van der Waals surface area contributed by atoms with Crippen LogP contribution in [0.2, 0.25) is 0 Å². The molecule has 3 N–H and O–H groups in total. The molecular formula is C12H25N3O2. The van der Waals surface area contributed by atoms with Crippen molar-refractivity contribution in [3.63, 3.8) is 0 Å². The molecule has 0 aromatic carbocycles. The Morgan fingerprint density at radius 2 is 1.82 bits per heavy atom. The first-order valence-electron chi connectivity index (χ1n) is 6.08. The molecule has 5 nitrogen and oxygen atoms in total. The van der Waals surface area contributed by atoms with Gasteiger partial charge in [0.25, 0.3) is 0 Å². The van der Waals surface area contributed by atoms with Gasteiger partial charge in [-0.3, -0.25) is 14.9 Å². The molecule has 2 amide bonds. The van der Waals surface area contributed by atoms with Crippen LogP contribution in [-0.2, 0) is 9.59 Å². The maximum atomic E-state index is 11.5. The highest BCUT2D eigenvalue weighted by atomic mass is 16.2. The molecule has 0 spiro atoms. The zero-order valence-corrected chi connectivity index (χ0v) is 11.5. The van der Waals surface area contributed by atoms with Gasteiger partial charge in [0.15, 0.2) is 0 Å². The van der Waals surface area contributed by atoms with Crippen LogP contribution in [0.25, 0.3) is 0 Å². The van der Waals surface area contributed by atoms with Crippen molar-refractivity contribution < 1.29 is 9.59 Å². The molecule has 0 saturated heterocycles. The molecule has 0 aromatic rings. The molecule has 0 heterocycles. The Labute approximate surface area is 104 Å². The maximum absolute atomic E-state index is 11.5. The van der Waals surface area contributed by atoms with E-state index in [0.717, 1.165) is 6.42 Å². The Kier molecular flexibility index (Phi) is 6.80. The summed E-state index contributed by atoms with van der Waals surface area (Å²) in [7, 11) is 0. The number of carbonyl (C=O) groups is 2. The van der Waals surface area contributed by atoms with Crippen molar-refractivity contribution in [2.24, 2.45) is 0 Å². The van der Waals surface area contributed by atoms with Gasteiger partial charge in [-0.1, -0.05) is 6.92 Å². The molecule has 17 heavy (non-hydrogen) atoms. The first kappa shape index (κ1) is 15.9. The molecule has 0 aromatic heterocycles. The number of amides is 2. The Bertz CT molecular complexity index is 259. The second-order valence-electron chi connectivity index (χ2n) is 5.19. The summed E-state index contributed by atoms with van der Waals surface area (Å²) in [6.45, 7) is 10.3. The fourth-order valence-electron chi connectivity index (χ4n) is 1.20. The number of carbonyl (C=O) groups excluding carboxylic acids is 2. The van der Waals surface area contributed by atoms with E-state index in [2.05, 4.69) is 16.0 Å². The summed E-state index contributed by atoms with van der Waals surface area (Å²) in [6.07, 6.45) is 0.906. The molecule has 1 unspecified atom stereocenters. The van der Waals surface area contributed by atoms with Crippen LogP contribution in [0.5, 0.6) is 0 Å². The summed E-state index contributed by atoms with van der Waals surface area (Å²) in [5.74, 6) is -0.178. The highest BCUT2D eigenvalue weighted by molar-refractivity contribution is 5.83. The lowest BCUT2D eigenvalue weighted by molar-refractivity contribution is -0.123. The van der Waals surface area contributed by atoms with Crippen molar-refractivity contribution in [3.05, 3.63) is 0 Å². The summed E-state index contributed by atoms with van der Waals surface area (Å²) in [6, 6.07) is -0.354. The van der Waals surface area contributed by atoms with E-state index in [0.29, 0.717) is 6.54 Å². The van der Waals surface area contributed by atoms with Crippen molar-refractivity contribution in [1.29, 1.82) is 0 Å². The third-order valence-electron chi connectivity index (χ3n) is 2.03. The highest BCUT2D eigenvalue weighted by Crippen LogP contribution is 1.97. The first-order valence-corrected chi connectivity index (χ1v) is 6.08. The lowest BCUT2D eigenvalue weighted by Crippen LogP contribution is -2.49. The first-order chi connectivity index (χ1) is 7.76. The zero-order chi connectivity index (χ0) is 13.5. The molecule has 0 fully saturated rings. The largest absolute Gasteiger partial charge is 0.355 e. The Hall–Kier alpha value is -1.10. The molecule has 5 heteroatoms. The van der Waals surface area contributed by atoms with Gasteiger partial charge in [0.2, 0.25) is 11.8 Å². The second-order valence-corrected chi connectivity index (χ2v) is 5.19. The van der Waals surface area contributed by atoms with Crippen LogP contribution in [0.3, 0.4) is 0 Å². The molecule has 0 aliphatic heterocycles. The smallest absolute Gasteiger partial charge is 0.236 e. The van der Waals surface area contributed by atoms with Crippen LogP contribution < -0.4 is 16.0 Å². The van der Waals surface area contributed by atoms with E-state index in [9.17, 15) is 9.59 Å². The van der Waals surface area contributed by atoms with Crippen LogP contribution in [-0.4, -0.2) is 36.5 Å². The lowest BCUT2D eigenvalue weighted by Gasteiger charge is -2.21. The predicted molar refractivity (Wildman–Crippen MR) is 68.7 cm³/mol. The third kappa shape index (κ3) is 8.68. The topological polar surface area (TPSA) is 70.2 Å². The number of hydrogen-bond acceptors (Lipinski definition) is 3. The Morgan fingerprint density at radius 1 is 1.24 bits per heavy atom. The van der Waals surface area contributed by atoms with Crippen molar-refractivity contribution >= 4 is 11.8 Å². The molecule has 0 aliphatic rings. The lowest BCUT2D eigenvalue weighted by atomic mass is 10.1. The van der Waals surface area contributed by atoms with Crippen molar-refractivity contribution in [1.82, 2.24) is 16.0 Å². The Balaban J connectivity index is 3.87.